The van der Waals surface area contributed by atoms with Gasteiger partial charge in [-0.3, -0.25) is 4.79 Å². The molecule has 0 saturated heterocycles. The van der Waals surface area contributed by atoms with Crippen LogP contribution in [-0.4, -0.2) is 12.1 Å². The van der Waals surface area contributed by atoms with Gasteiger partial charge in [0.05, 0.1) is 0 Å². The van der Waals surface area contributed by atoms with E-state index < -0.39 is 0 Å². The molecule has 4 aliphatic rings. The topological polar surface area (TPSA) is 26.3 Å². The lowest BCUT2D eigenvalue weighted by Crippen LogP contribution is -2.46. The summed E-state index contributed by atoms with van der Waals surface area (Å²) in [6.07, 6.45) is 20.1. The summed E-state index contributed by atoms with van der Waals surface area (Å²) in [6, 6.07) is 0. The molecule has 4 aliphatic carbocycles. The molecule has 3 fully saturated rings. The fourth-order valence-electron chi connectivity index (χ4n) is 8.96. The van der Waals surface area contributed by atoms with Crippen LogP contribution in [0.3, 0.4) is 0 Å². The highest BCUT2D eigenvalue weighted by Gasteiger charge is 2.56. The Labute approximate surface area is 198 Å². The highest BCUT2D eigenvalue weighted by atomic mass is 16.5. The van der Waals surface area contributed by atoms with Crippen molar-refractivity contribution in [1.82, 2.24) is 0 Å². The van der Waals surface area contributed by atoms with E-state index in [1.165, 1.54) is 70.6 Å². The van der Waals surface area contributed by atoms with Gasteiger partial charge in [0, 0.05) is 13.3 Å². The van der Waals surface area contributed by atoms with Gasteiger partial charge in [-0.15, -0.1) is 0 Å². The molecule has 8 atom stereocenters. The molecule has 0 amide bonds. The average molecular weight is 443 g/mol. The number of rotatable bonds is 6. The third-order valence-electron chi connectivity index (χ3n) is 10.4. The minimum atomic E-state index is -0.102. The van der Waals surface area contributed by atoms with Gasteiger partial charge in [-0.25, -0.2) is 0 Å². The van der Waals surface area contributed by atoms with Gasteiger partial charge < -0.3 is 4.74 Å². The van der Waals surface area contributed by atoms with E-state index in [2.05, 4.69) is 33.8 Å². The van der Waals surface area contributed by atoms with Crippen molar-refractivity contribution in [3.8, 4) is 0 Å². The Balaban J connectivity index is 1.45. The van der Waals surface area contributed by atoms with E-state index in [0.717, 1.165) is 54.3 Å². The third-order valence-corrected chi connectivity index (χ3v) is 10.4. The highest BCUT2D eigenvalue weighted by molar-refractivity contribution is 5.66. The molecular formula is C30H50O2. The summed E-state index contributed by atoms with van der Waals surface area (Å²) in [5, 5.41) is 0. The van der Waals surface area contributed by atoms with Gasteiger partial charge in [0.15, 0.2) is 0 Å². The molecule has 4 rings (SSSR count). The van der Waals surface area contributed by atoms with Crippen LogP contribution in [0.5, 0.6) is 0 Å². The predicted molar refractivity (Wildman–Crippen MR) is 133 cm³/mol. The largest absolute Gasteiger partial charge is 0.462 e. The highest BCUT2D eigenvalue weighted by Crippen LogP contribution is 2.64. The summed E-state index contributed by atoms with van der Waals surface area (Å²) < 4.78 is 5.70. The van der Waals surface area contributed by atoms with E-state index in [9.17, 15) is 4.79 Å². The van der Waals surface area contributed by atoms with Gasteiger partial charge in [-0.05, 0) is 98.2 Å². The first-order valence-electron chi connectivity index (χ1n) is 14.2. The third kappa shape index (κ3) is 5.00. The number of hydrogen-bond acceptors (Lipinski definition) is 2. The van der Waals surface area contributed by atoms with Crippen LogP contribution in [0.25, 0.3) is 0 Å². The first kappa shape index (κ1) is 24.3. The van der Waals surface area contributed by atoms with Crippen LogP contribution in [0.4, 0.5) is 0 Å². The molecule has 0 heterocycles. The zero-order valence-corrected chi connectivity index (χ0v) is 21.7. The Morgan fingerprint density at radius 1 is 1.06 bits per heavy atom. The maximum absolute atomic E-state index is 11.6. The minimum absolute atomic E-state index is 0.102. The summed E-state index contributed by atoms with van der Waals surface area (Å²) in [5.74, 6) is 6.07. The molecule has 2 nitrogen and oxygen atoms in total. The summed E-state index contributed by atoms with van der Waals surface area (Å²) in [5.41, 5.74) is 2.23. The van der Waals surface area contributed by atoms with Gasteiger partial charge in [0.1, 0.15) is 6.10 Å². The summed E-state index contributed by atoms with van der Waals surface area (Å²) in [4.78, 5) is 11.6. The summed E-state index contributed by atoms with van der Waals surface area (Å²) in [7, 11) is 0. The Morgan fingerprint density at radius 2 is 1.84 bits per heavy atom. The normalized spacial score (nSPS) is 40.4. The average Bonchev–Trinajstić information content (AvgIpc) is 3.06. The molecule has 32 heavy (non-hydrogen) atoms. The van der Waals surface area contributed by atoms with Gasteiger partial charge in [-0.1, -0.05) is 65.0 Å². The number of ether oxygens (including phenoxy) is 1. The van der Waals surface area contributed by atoms with Gasteiger partial charge >= 0.3 is 5.97 Å². The second kappa shape index (κ2) is 10.2. The van der Waals surface area contributed by atoms with Crippen LogP contribution < -0.4 is 0 Å². The van der Waals surface area contributed by atoms with Crippen LogP contribution in [0.2, 0.25) is 0 Å². The second-order valence-electron chi connectivity index (χ2n) is 12.8. The quantitative estimate of drug-likeness (QED) is 0.305. The number of hydrogen-bond donors (Lipinski definition) is 0. The number of esters is 1. The Hall–Kier alpha value is -0.790. The summed E-state index contributed by atoms with van der Waals surface area (Å²) in [6.45, 7) is 11.6. The van der Waals surface area contributed by atoms with Crippen LogP contribution in [0.1, 0.15) is 118 Å². The number of carbonyl (C=O) groups excluding carboxylic acids is 1. The smallest absolute Gasteiger partial charge is 0.302 e. The van der Waals surface area contributed by atoms with Crippen molar-refractivity contribution in [2.75, 3.05) is 0 Å². The molecule has 0 radical (unpaired) electrons. The van der Waals surface area contributed by atoms with Crippen molar-refractivity contribution in [3.05, 3.63) is 11.6 Å². The van der Waals surface area contributed by atoms with Crippen molar-refractivity contribution in [2.24, 2.45) is 46.8 Å². The molecule has 0 spiro atoms. The maximum Gasteiger partial charge on any atom is 0.302 e. The molecule has 3 unspecified atom stereocenters. The van der Waals surface area contributed by atoms with E-state index >= 15 is 0 Å². The lowest BCUT2D eigenvalue weighted by atomic mass is 9.51. The van der Waals surface area contributed by atoms with E-state index in [-0.39, 0.29) is 12.1 Å². The Kier molecular flexibility index (Phi) is 7.78. The molecule has 0 aromatic rings. The SMILES string of the molecule is CC(=O)OC1CCCC[C@@H]2C(=CC[C@@H]3C2CC[C@@]2(C)C3CC[C@@H]2[C@H](C)CCCC(C)C)C1. The predicted octanol–water partition coefficient (Wildman–Crippen LogP) is 8.35. The van der Waals surface area contributed by atoms with E-state index in [1.54, 1.807) is 12.5 Å². The van der Waals surface area contributed by atoms with Crippen LogP contribution in [0, 0.1) is 46.8 Å². The Bertz CT molecular complexity index is 678. The summed E-state index contributed by atoms with van der Waals surface area (Å²) >= 11 is 0. The molecule has 2 heteroatoms. The molecule has 0 bridgehead atoms. The van der Waals surface area contributed by atoms with Gasteiger partial charge in [-0.2, -0.15) is 0 Å². The first-order valence-corrected chi connectivity index (χ1v) is 14.2. The molecule has 3 saturated carbocycles. The molecule has 182 valence electrons. The molecule has 0 aromatic carbocycles. The monoisotopic (exact) mass is 442 g/mol. The van der Waals surface area contributed by atoms with Crippen LogP contribution in [0.15, 0.2) is 11.6 Å². The van der Waals surface area contributed by atoms with Crippen molar-refractivity contribution in [1.29, 1.82) is 0 Å². The van der Waals surface area contributed by atoms with Crippen LogP contribution in [-0.2, 0) is 9.53 Å². The lowest BCUT2D eigenvalue weighted by molar-refractivity contribution is -0.146. The van der Waals surface area contributed by atoms with Crippen molar-refractivity contribution in [3.63, 3.8) is 0 Å². The van der Waals surface area contributed by atoms with Crippen molar-refractivity contribution in [2.45, 2.75) is 124 Å². The zero-order valence-electron chi connectivity index (χ0n) is 21.7. The minimum Gasteiger partial charge on any atom is -0.462 e. The van der Waals surface area contributed by atoms with Gasteiger partial charge in [0.25, 0.3) is 0 Å². The van der Waals surface area contributed by atoms with E-state index in [0.29, 0.717) is 5.41 Å². The van der Waals surface area contributed by atoms with Crippen molar-refractivity contribution < 1.29 is 9.53 Å². The van der Waals surface area contributed by atoms with E-state index in [4.69, 9.17) is 4.74 Å². The maximum atomic E-state index is 11.6. The molecule has 0 N–H and O–H groups in total. The number of carbonyl (C=O) groups is 1. The fourth-order valence-corrected chi connectivity index (χ4v) is 8.96. The first-order chi connectivity index (χ1) is 15.3. The molecule has 0 aliphatic heterocycles. The molecule has 0 aromatic heterocycles. The Morgan fingerprint density at radius 3 is 2.59 bits per heavy atom. The molecular weight excluding hydrogens is 392 g/mol. The standard InChI is InChI=1S/C30H50O2/c1-20(2)9-8-10-21(3)28-15-16-29-27-14-13-23-19-24(32-22(4)31)11-6-7-12-25(23)26(27)17-18-30(28,29)5/h13,20-21,24-29H,6-12,14-19H2,1-5H3/t21-,24?,25-,26?,27-,28-,29?,30-/m1/s1. The van der Waals surface area contributed by atoms with Crippen LogP contribution >= 0.6 is 0 Å². The fraction of sp³-hybridized carbons (Fsp3) is 0.900. The van der Waals surface area contributed by atoms with Gasteiger partial charge in [0.2, 0.25) is 0 Å². The van der Waals surface area contributed by atoms with Crippen molar-refractivity contribution >= 4 is 5.97 Å². The van der Waals surface area contributed by atoms with E-state index in [1.807, 2.05) is 0 Å². The number of fused-ring (bicyclic) bond motifs is 5. The number of allylic oxidation sites excluding steroid dienone is 1. The second-order valence-corrected chi connectivity index (χ2v) is 12.8. The lowest BCUT2D eigenvalue weighted by Gasteiger charge is -2.54. The zero-order chi connectivity index (χ0) is 22.9.